The third-order valence-corrected chi connectivity index (χ3v) is 3.10. The Kier molecular flexibility index (Phi) is 6.89. The van der Waals surface area contributed by atoms with Crippen molar-refractivity contribution in [1.82, 2.24) is 15.1 Å². The average Bonchev–Trinajstić information content (AvgIpc) is 2.73. The highest BCUT2D eigenvalue weighted by Crippen LogP contribution is 2.25. The first-order chi connectivity index (χ1) is 9.79. The molecule has 1 aromatic rings. The van der Waals surface area contributed by atoms with Crippen LogP contribution in [-0.2, 0) is 11.8 Å². The van der Waals surface area contributed by atoms with E-state index in [1.165, 1.54) is 10.9 Å². The minimum Gasteiger partial charge on any atom is -0.373 e. The van der Waals surface area contributed by atoms with Crippen LogP contribution < -0.4 is 5.32 Å². The molecular weight excluding hydrogens is 314 g/mol. The fourth-order valence-corrected chi connectivity index (χ4v) is 2.04. The van der Waals surface area contributed by atoms with E-state index in [0.717, 1.165) is 6.42 Å². The summed E-state index contributed by atoms with van der Waals surface area (Å²) in [5.74, 6) is -4.16. The van der Waals surface area contributed by atoms with Crippen molar-refractivity contribution in [2.75, 3.05) is 19.8 Å². The van der Waals surface area contributed by atoms with Gasteiger partial charge in [-0.25, -0.2) is 8.78 Å². The van der Waals surface area contributed by atoms with Gasteiger partial charge in [-0.3, -0.25) is 4.68 Å². The number of hydrogen-bond donors (Lipinski definition) is 1. The summed E-state index contributed by atoms with van der Waals surface area (Å²) in [6, 6.07) is -0.501. The second-order valence-corrected chi connectivity index (χ2v) is 4.99. The first-order valence-corrected chi connectivity index (χ1v) is 6.81. The number of rotatable bonds is 9. The van der Waals surface area contributed by atoms with Crippen molar-refractivity contribution in [3.63, 3.8) is 0 Å². The molecule has 1 aromatic heterocycles. The van der Waals surface area contributed by atoms with Gasteiger partial charge in [0, 0.05) is 7.05 Å². The zero-order valence-corrected chi connectivity index (χ0v) is 12.5. The normalized spacial score (nSPS) is 13.9. The van der Waals surface area contributed by atoms with E-state index < -0.39 is 25.0 Å². The van der Waals surface area contributed by atoms with Gasteiger partial charge in [-0.2, -0.15) is 13.9 Å². The van der Waals surface area contributed by atoms with E-state index in [1.54, 1.807) is 7.05 Å². The quantitative estimate of drug-likeness (QED) is 0.707. The lowest BCUT2D eigenvalue weighted by atomic mass is 10.2. The third-order valence-electron chi connectivity index (χ3n) is 2.81. The number of alkyl halides is 4. The first-order valence-electron chi connectivity index (χ1n) is 6.44. The van der Waals surface area contributed by atoms with Gasteiger partial charge in [0.2, 0.25) is 0 Å². The maximum Gasteiger partial charge on any atom is 0.330 e. The summed E-state index contributed by atoms with van der Waals surface area (Å²) in [5.41, 5.74) is 0.561. The predicted molar refractivity (Wildman–Crippen MR) is 71.0 cm³/mol. The number of nitrogens with zero attached hydrogens (tertiary/aromatic N) is 2. The van der Waals surface area contributed by atoms with Crippen LogP contribution in [0.5, 0.6) is 0 Å². The van der Waals surface area contributed by atoms with E-state index in [1.807, 2.05) is 6.92 Å². The van der Waals surface area contributed by atoms with Gasteiger partial charge in [-0.15, -0.1) is 0 Å². The number of nitrogens with one attached hydrogen (secondary N) is 1. The second kappa shape index (κ2) is 7.95. The van der Waals surface area contributed by atoms with Crippen LogP contribution in [-0.4, -0.2) is 41.9 Å². The molecule has 122 valence electrons. The van der Waals surface area contributed by atoms with Crippen LogP contribution in [0, 0.1) is 0 Å². The molecule has 0 fully saturated rings. The zero-order valence-electron chi connectivity index (χ0n) is 11.8. The van der Waals surface area contributed by atoms with Crippen LogP contribution in [0.1, 0.15) is 25.1 Å². The van der Waals surface area contributed by atoms with Gasteiger partial charge in [-0.05, 0) is 13.0 Å². The highest BCUT2D eigenvalue weighted by atomic mass is 35.5. The van der Waals surface area contributed by atoms with Gasteiger partial charge >= 0.3 is 12.3 Å². The summed E-state index contributed by atoms with van der Waals surface area (Å²) in [4.78, 5) is 0. The molecule has 0 aromatic carbocycles. The molecule has 4 nitrogen and oxygen atoms in total. The molecule has 0 saturated carbocycles. The molecule has 1 heterocycles. The maximum atomic E-state index is 12.8. The Balaban J connectivity index is 2.68. The van der Waals surface area contributed by atoms with Crippen LogP contribution in [0.3, 0.4) is 0 Å². The van der Waals surface area contributed by atoms with Crippen molar-refractivity contribution >= 4 is 11.6 Å². The van der Waals surface area contributed by atoms with Gasteiger partial charge < -0.3 is 10.1 Å². The van der Waals surface area contributed by atoms with E-state index in [2.05, 4.69) is 10.4 Å². The van der Waals surface area contributed by atoms with E-state index >= 15 is 0 Å². The highest BCUT2D eigenvalue weighted by Gasteiger charge is 2.41. The molecule has 0 radical (unpaired) electrons. The van der Waals surface area contributed by atoms with Crippen molar-refractivity contribution in [2.45, 2.75) is 31.7 Å². The Morgan fingerprint density at radius 1 is 1.48 bits per heavy atom. The molecule has 0 saturated heterocycles. The number of aryl methyl sites for hydroxylation is 1. The largest absolute Gasteiger partial charge is 0.373 e. The SMILES string of the molecule is CCCNC(COCC(F)(F)C(F)F)c1c(Cl)cnn1C. The minimum atomic E-state index is -4.16. The summed E-state index contributed by atoms with van der Waals surface area (Å²) in [6.07, 6.45) is -1.52. The van der Waals surface area contributed by atoms with Crippen molar-refractivity contribution in [3.8, 4) is 0 Å². The van der Waals surface area contributed by atoms with Crippen LogP contribution in [0.2, 0.25) is 5.02 Å². The molecule has 1 atom stereocenters. The van der Waals surface area contributed by atoms with Crippen molar-refractivity contribution < 1.29 is 22.3 Å². The Bertz CT molecular complexity index is 423. The Morgan fingerprint density at radius 2 is 2.14 bits per heavy atom. The lowest BCUT2D eigenvalue weighted by Gasteiger charge is -2.21. The molecule has 1 rings (SSSR count). The highest BCUT2D eigenvalue weighted by molar-refractivity contribution is 6.31. The van der Waals surface area contributed by atoms with Crippen molar-refractivity contribution in [3.05, 3.63) is 16.9 Å². The summed E-state index contributed by atoms with van der Waals surface area (Å²) < 4.78 is 56.0. The first kappa shape index (κ1) is 18.2. The predicted octanol–water partition coefficient (Wildman–Crippen LogP) is 3.03. The van der Waals surface area contributed by atoms with Gasteiger partial charge in [0.15, 0.2) is 0 Å². The van der Waals surface area contributed by atoms with Gasteiger partial charge in [0.1, 0.15) is 6.61 Å². The van der Waals surface area contributed by atoms with Gasteiger partial charge in [0.25, 0.3) is 0 Å². The molecule has 1 N–H and O–H groups in total. The van der Waals surface area contributed by atoms with E-state index in [0.29, 0.717) is 17.3 Å². The van der Waals surface area contributed by atoms with Crippen LogP contribution in [0.25, 0.3) is 0 Å². The van der Waals surface area contributed by atoms with Crippen molar-refractivity contribution in [2.24, 2.45) is 7.05 Å². The molecule has 9 heteroatoms. The number of aromatic nitrogens is 2. The maximum absolute atomic E-state index is 12.8. The standard InChI is InChI=1S/C12H18ClF4N3O/c1-3-4-18-9(10-8(13)5-19-20(10)2)6-21-7-12(16,17)11(14)15/h5,9,11,18H,3-4,6-7H2,1-2H3. The van der Waals surface area contributed by atoms with Gasteiger partial charge in [0.05, 0.1) is 29.6 Å². The van der Waals surface area contributed by atoms with Crippen LogP contribution in [0.15, 0.2) is 6.20 Å². The minimum absolute atomic E-state index is 0.207. The molecule has 0 bridgehead atoms. The summed E-state index contributed by atoms with van der Waals surface area (Å²) in [6.45, 7) is 0.980. The van der Waals surface area contributed by atoms with E-state index in [4.69, 9.17) is 16.3 Å². The summed E-state index contributed by atoms with van der Waals surface area (Å²) in [7, 11) is 1.65. The average molecular weight is 332 g/mol. The van der Waals surface area contributed by atoms with Crippen LogP contribution in [0.4, 0.5) is 17.6 Å². The summed E-state index contributed by atoms with van der Waals surface area (Å²) in [5, 5.41) is 7.37. The lowest BCUT2D eigenvalue weighted by molar-refractivity contribution is -0.167. The molecule has 0 aliphatic rings. The molecule has 0 aliphatic heterocycles. The van der Waals surface area contributed by atoms with E-state index in [9.17, 15) is 17.6 Å². The second-order valence-electron chi connectivity index (χ2n) is 4.58. The van der Waals surface area contributed by atoms with Crippen LogP contribution >= 0.6 is 11.6 Å². The topological polar surface area (TPSA) is 39.1 Å². The Hall–Kier alpha value is -0.860. The fraction of sp³-hybridized carbons (Fsp3) is 0.750. The molecule has 0 amide bonds. The molecule has 0 aliphatic carbocycles. The Morgan fingerprint density at radius 3 is 2.62 bits per heavy atom. The molecule has 1 unspecified atom stereocenters. The molecular formula is C12H18ClF4N3O. The number of halogens is 5. The smallest absolute Gasteiger partial charge is 0.330 e. The number of hydrogen-bond acceptors (Lipinski definition) is 3. The number of ether oxygens (including phenoxy) is 1. The summed E-state index contributed by atoms with van der Waals surface area (Å²) >= 11 is 5.99. The zero-order chi connectivity index (χ0) is 16.0. The monoisotopic (exact) mass is 331 g/mol. The molecule has 21 heavy (non-hydrogen) atoms. The van der Waals surface area contributed by atoms with E-state index in [-0.39, 0.29) is 6.61 Å². The molecule has 0 spiro atoms. The third kappa shape index (κ3) is 5.12. The Labute approximate surface area is 125 Å². The van der Waals surface area contributed by atoms with Gasteiger partial charge in [-0.1, -0.05) is 18.5 Å². The lowest BCUT2D eigenvalue weighted by Crippen LogP contribution is -2.35. The fourth-order valence-electron chi connectivity index (χ4n) is 1.74. The van der Waals surface area contributed by atoms with Crippen molar-refractivity contribution in [1.29, 1.82) is 0 Å².